The molecule has 86 valence electrons. The highest BCUT2D eigenvalue weighted by molar-refractivity contribution is 9.10. The number of nitrogens with one attached hydrogen (secondary N) is 1. The Morgan fingerprint density at radius 1 is 1.44 bits per heavy atom. The van der Waals surface area contributed by atoms with Crippen molar-refractivity contribution in [2.24, 2.45) is 0 Å². The van der Waals surface area contributed by atoms with Crippen LogP contribution in [0.3, 0.4) is 0 Å². The van der Waals surface area contributed by atoms with Crippen molar-refractivity contribution in [1.29, 1.82) is 0 Å². The van der Waals surface area contributed by atoms with Crippen LogP contribution in [0.1, 0.15) is 36.9 Å². The quantitative estimate of drug-likeness (QED) is 0.854. The van der Waals surface area contributed by atoms with Crippen LogP contribution in [0, 0.1) is 0 Å². The van der Waals surface area contributed by atoms with Gasteiger partial charge in [-0.2, -0.15) is 0 Å². The Labute approximate surface area is 105 Å². The molecule has 2 unspecified atom stereocenters. The third-order valence-corrected chi connectivity index (χ3v) is 4.02. The van der Waals surface area contributed by atoms with E-state index in [9.17, 15) is 0 Å². The lowest BCUT2D eigenvalue weighted by Crippen LogP contribution is -2.12. The van der Waals surface area contributed by atoms with E-state index in [4.69, 9.17) is 4.74 Å². The predicted octanol–water partition coefficient (Wildman–Crippen LogP) is 3.20. The minimum absolute atomic E-state index is 0.318. The molecule has 0 bridgehead atoms. The number of hydrogen-bond acceptors (Lipinski definition) is 2. The first-order chi connectivity index (χ1) is 7.74. The van der Waals surface area contributed by atoms with Crippen LogP contribution in [0.4, 0.5) is 0 Å². The zero-order valence-corrected chi connectivity index (χ0v) is 11.0. The van der Waals surface area contributed by atoms with Gasteiger partial charge in [0.05, 0.1) is 4.47 Å². The molecule has 2 heterocycles. The van der Waals surface area contributed by atoms with Crippen molar-refractivity contribution in [2.45, 2.75) is 38.3 Å². The summed E-state index contributed by atoms with van der Waals surface area (Å²) in [5, 5.41) is 3.54. The predicted molar refractivity (Wildman–Crippen MR) is 67.9 cm³/mol. The van der Waals surface area contributed by atoms with Crippen LogP contribution in [0.15, 0.2) is 16.6 Å². The van der Waals surface area contributed by atoms with Crippen molar-refractivity contribution in [2.75, 3.05) is 6.54 Å². The summed E-state index contributed by atoms with van der Waals surface area (Å²) in [4.78, 5) is 0. The summed E-state index contributed by atoms with van der Waals surface area (Å²) < 4.78 is 6.90. The monoisotopic (exact) mass is 281 g/mol. The molecule has 2 nitrogen and oxygen atoms in total. The lowest BCUT2D eigenvalue weighted by Gasteiger charge is -2.13. The van der Waals surface area contributed by atoms with Crippen LogP contribution in [0.2, 0.25) is 0 Å². The first-order valence-electron chi connectivity index (χ1n) is 5.96. The highest BCUT2D eigenvalue weighted by atomic mass is 79.9. The fraction of sp³-hybridized carbons (Fsp3) is 0.538. The largest absolute Gasteiger partial charge is 0.489 e. The Kier molecular flexibility index (Phi) is 2.68. The van der Waals surface area contributed by atoms with Gasteiger partial charge in [-0.25, -0.2) is 0 Å². The molecule has 16 heavy (non-hydrogen) atoms. The Morgan fingerprint density at radius 2 is 2.31 bits per heavy atom. The van der Waals surface area contributed by atoms with Gasteiger partial charge in [0.2, 0.25) is 0 Å². The summed E-state index contributed by atoms with van der Waals surface area (Å²) in [5.74, 6) is 1.05. The lowest BCUT2D eigenvalue weighted by molar-refractivity contribution is 0.253. The van der Waals surface area contributed by atoms with Gasteiger partial charge in [-0.1, -0.05) is 6.07 Å². The summed E-state index contributed by atoms with van der Waals surface area (Å²) in [6, 6.07) is 5.06. The average molecular weight is 282 g/mol. The molecule has 3 heteroatoms. The van der Waals surface area contributed by atoms with Crippen molar-refractivity contribution in [1.82, 2.24) is 5.32 Å². The molecule has 0 radical (unpaired) electrons. The van der Waals surface area contributed by atoms with E-state index in [0.29, 0.717) is 12.1 Å². The Balaban J connectivity index is 1.97. The van der Waals surface area contributed by atoms with E-state index in [0.717, 1.165) is 23.2 Å². The Hall–Kier alpha value is -0.540. The molecule has 3 rings (SSSR count). The normalized spacial score (nSPS) is 27.9. The zero-order chi connectivity index (χ0) is 11.1. The molecule has 1 fully saturated rings. The van der Waals surface area contributed by atoms with E-state index in [1.54, 1.807) is 0 Å². The highest BCUT2D eigenvalue weighted by Gasteiger charge is 2.25. The summed E-state index contributed by atoms with van der Waals surface area (Å²) in [6.45, 7) is 3.27. The zero-order valence-electron chi connectivity index (χ0n) is 9.42. The van der Waals surface area contributed by atoms with E-state index in [1.807, 2.05) is 0 Å². The summed E-state index contributed by atoms with van der Waals surface area (Å²) in [7, 11) is 0. The van der Waals surface area contributed by atoms with Crippen LogP contribution in [0.5, 0.6) is 5.75 Å². The van der Waals surface area contributed by atoms with E-state index in [-0.39, 0.29) is 0 Å². The molecule has 0 aromatic heterocycles. The SMILES string of the molecule is CC1Cc2cc(C3CCCN3)cc(Br)c2O1. The fourth-order valence-corrected chi connectivity index (χ4v) is 3.29. The van der Waals surface area contributed by atoms with Crippen molar-refractivity contribution < 1.29 is 4.74 Å². The topological polar surface area (TPSA) is 21.3 Å². The van der Waals surface area contributed by atoms with Gasteiger partial charge in [-0.3, -0.25) is 0 Å². The van der Waals surface area contributed by atoms with Crippen LogP contribution < -0.4 is 10.1 Å². The molecule has 2 atom stereocenters. The number of fused-ring (bicyclic) bond motifs is 1. The van der Waals surface area contributed by atoms with Gasteiger partial charge < -0.3 is 10.1 Å². The fourth-order valence-electron chi connectivity index (χ4n) is 2.68. The minimum atomic E-state index is 0.318. The second-order valence-corrected chi connectivity index (χ2v) is 5.63. The van der Waals surface area contributed by atoms with Crippen molar-refractivity contribution in [3.63, 3.8) is 0 Å². The second kappa shape index (κ2) is 4.04. The highest BCUT2D eigenvalue weighted by Crippen LogP contribution is 2.39. The van der Waals surface area contributed by atoms with Crippen molar-refractivity contribution >= 4 is 15.9 Å². The molecule has 1 aromatic carbocycles. The Bertz CT molecular complexity index is 413. The third kappa shape index (κ3) is 1.76. The first-order valence-corrected chi connectivity index (χ1v) is 6.75. The molecule has 0 aliphatic carbocycles. The molecule has 2 aliphatic heterocycles. The number of hydrogen-bond donors (Lipinski definition) is 1. The van der Waals surface area contributed by atoms with Crippen molar-refractivity contribution in [3.8, 4) is 5.75 Å². The maximum atomic E-state index is 5.79. The van der Waals surface area contributed by atoms with Crippen LogP contribution in [-0.4, -0.2) is 12.6 Å². The van der Waals surface area contributed by atoms with Gasteiger partial charge in [0.25, 0.3) is 0 Å². The lowest BCUT2D eigenvalue weighted by atomic mass is 10.0. The molecule has 0 saturated carbocycles. The van der Waals surface area contributed by atoms with Gasteiger partial charge in [-0.05, 0) is 59.4 Å². The van der Waals surface area contributed by atoms with Gasteiger partial charge in [0.15, 0.2) is 0 Å². The second-order valence-electron chi connectivity index (χ2n) is 4.77. The van der Waals surface area contributed by atoms with E-state index < -0.39 is 0 Å². The molecule has 2 aliphatic rings. The van der Waals surface area contributed by atoms with E-state index in [1.165, 1.54) is 24.0 Å². The molecule has 0 amide bonds. The molecule has 0 spiro atoms. The maximum Gasteiger partial charge on any atom is 0.137 e. The number of rotatable bonds is 1. The molecular weight excluding hydrogens is 266 g/mol. The summed E-state index contributed by atoms with van der Waals surface area (Å²) in [6.07, 6.45) is 3.89. The van der Waals surface area contributed by atoms with E-state index in [2.05, 4.69) is 40.3 Å². The van der Waals surface area contributed by atoms with Crippen molar-refractivity contribution in [3.05, 3.63) is 27.7 Å². The third-order valence-electron chi connectivity index (χ3n) is 3.43. The van der Waals surface area contributed by atoms with Gasteiger partial charge >= 0.3 is 0 Å². The van der Waals surface area contributed by atoms with Gasteiger partial charge in [0, 0.05) is 12.5 Å². The molecule has 1 saturated heterocycles. The van der Waals surface area contributed by atoms with Gasteiger partial charge in [0.1, 0.15) is 11.9 Å². The number of ether oxygens (including phenoxy) is 1. The van der Waals surface area contributed by atoms with Gasteiger partial charge in [-0.15, -0.1) is 0 Å². The molecular formula is C13H16BrNO. The van der Waals surface area contributed by atoms with Crippen LogP contribution in [0.25, 0.3) is 0 Å². The standard InChI is InChI=1S/C13H16BrNO/c1-8-5-10-6-9(12-3-2-4-15-12)7-11(14)13(10)16-8/h6-8,12,15H,2-5H2,1H3. The molecule has 1 aromatic rings. The first kappa shape index (κ1) is 10.6. The van der Waals surface area contributed by atoms with E-state index >= 15 is 0 Å². The van der Waals surface area contributed by atoms with Crippen LogP contribution >= 0.6 is 15.9 Å². The summed E-state index contributed by atoms with van der Waals surface area (Å²) in [5.41, 5.74) is 2.76. The smallest absolute Gasteiger partial charge is 0.137 e. The van der Waals surface area contributed by atoms with Crippen LogP contribution in [-0.2, 0) is 6.42 Å². The Morgan fingerprint density at radius 3 is 3.06 bits per heavy atom. The number of benzene rings is 1. The molecule has 1 N–H and O–H groups in total. The maximum absolute atomic E-state index is 5.79. The average Bonchev–Trinajstić information content (AvgIpc) is 2.84. The number of halogens is 1. The summed E-state index contributed by atoms with van der Waals surface area (Å²) >= 11 is 3.62. The minimum Gasteiger partial charge on any atom is -0.489 e.